The van der Waals surface area contributed by atoms with Gasteiger partial charge < -0.3 is 10.3 Å². The molecule has 3 rings (SSSR count). The van der Waals surface area contributed by atoms with Gasteiger partial charge in [0.1, 0.15) is 5.82 Å². The second kappa shape index (κ2) is 3.59. The van der Waals surface area contributed by atoms with Crippen molar-refractivity contribution in [1.29, 1.82) is 0 Å². The van der Waals surface area contributed by atoms with Gasteiger partial charge in [0.15, 0.2) is 0 Å². The maximum absolute atomic E-state index is 5.65. The van der Waals surface area contributed by atoms with Crippen LogP contribution in [0.25, 0.3) is 11.0 Å². The summed E-state index contributed by atoms with van der Waals surface area (Å²) >= 11 is 0. The largest absolute Gasteiger partial charge is 0.331 e. The van der Waals surface area contributed by atoms with Crippen molar-refractivity contribution in [2.75, 3.05) is 6.54 Å². The van der Waals surface area contributed by atoms with E-state index in [0.717, 1.165) is 11.9 Å². The Labute approximate surface area is 95.3 Å². The highest BCUT2D eigenvalue weighted by atomic mass is 15.1. The molecule has 3 heteroatoms. The molecule has 0 radical (unpaired) electrons. The van der Waals surface area contributed by atoms with Crippen LogP contribution >= 0.6 is 0 Å². The molecule has 3 nitrogen and oxygen atoms in total. The minimum absolute atomic E-state index is 0.697. The first-order valence-corrected chi connectivity index (χ1v) is 5.95. The minimum Gasteiger partial charge on any atom is -0.331 e. The number of benzene rings is 1. The highest BCUT2D eigenvalue weighted by Crippen LogP contribution is 2.40. The molecule has 0 saturated heterocycles. The lowest BCUT2D eigenvalue weighted by Crippen LogP contribution is -2.04. The van der Waals surface area contributed by atoms with Crippen LogP contribution in [0.1, 0.15) is 30.1 Å². The van der Waals surface area contributed by atoms with E-state index in [2.05, 4.69) is 29.8 Å². The summed E-state index contributed by atoms with van der Waals surface area (Å²) in [4.78, 5) is 4.74. The lowest BCUT2D eigenvalue weighted by atomic mass is 10.1. The van der Waals surface area contributed by atoms with Crippen molar-refractivity contribution in [1.82, 2.24) is 9.55 Å². The smallest absolute Gasteiger partial charge is 0.112 e. The van der Waals surface area contributed by atoms with Crippen LogP contribution in [0.15, 0.2) is 18.2 Å². The molecular weight excluding hydrogens is 198 g/mol. The third-order valence-corrected chi connectivity index (χ3v) is 3.37. The molecule has 84 valence electrons. The predicted molar refractivity (Wildman–Crippen MR) is 65.4 cm³/mol. The maximum Gasteiger partial charge on any atom is 0.112 e. The summed E-state index contributed by atoms with van der Waals surface area (Å²) in [6, 6.07) is 6.34. The van der Waals surface area contributed by atoms with E-state index >= 15 is 0 Å². The van der Waals surface area contributed by atoms with Gasteiger partial charge in [0.25, 0.3) is 0 Å². The Balaban J connectivity index is 2.20. The Kier molecular flexibility index (Phi) is 2.21. The Bertz CT molecular complexity index is 523. The molecule has 16 heavy (non-hydrogen) atoms. The van der Waals surface area contributed by atoms with Crippen LogP contribution in [0.5, 0.6) is 0 Å². The molecule has 0 bridgehead atoms. The summed E-state index contributed by atoms with van der Waals surface area (Å²) in [5.41, 5.74) is 9.37. The molecule has 1 aliphatic carbocycles. The molecular formula is C13H17N3. The highest BCUT2D eigenvalue weighted by molar-refractivity contribution is 5.80. The standard InChI is InChI=1S/C13H17N3/c1-16-12-9(7-8-14)3-2-4-11(12)15-13(16)10-5-6-10/h2-4,10H,5-8,14H2,1H3. The monoisotopic (exact) mass is 215 g/mol. The molecule has 1 aromatic heterocycles. The fraction of sp³-hybridized carbons (Fsp3) is 0.462. The van der Waals surface area contributed by atoms with Gasteiger partial charge in [-0.05, 0) is 37.4 Å². The molecule has 1 saturated carbocycles. The van der Waals surface area contributed by atoms with Crippen LogP contribution < -0.4 is 5.73 Å². The van der Waals surface area contributed by atoms with Crippen molar-refractivity contribution in [3.8, 4) is 0 Å². The first-order chi connectivity index (χ1) is 7.81. The zero-order valence-electron chi connectivity index (χ0n) is 9.61. The normalized spacial score (nSPS) is 15.9. The van der Waals surface area contributed by atoms with E-state index < -0.39 is 0 Å². The number of nitrogens with two attached hydrogens (primary N) is 1. The average Bonchev–Trinajstić information content (AvgIpc) is 3.05. The third-order valence-electron chi connectivity index (χ3n) is 3.37. The van der Waals surface area contributed by atoms with Gasteiger partial charge in [-0.1, -0.05) is 12.1 Å². The molecule has 1 aliphatic rings. The predicted octanol–water partition coefficient (Wildman–Crippen LogP) is 1.95. The van der Waals surface area contributed by atoms with Crippen molar-refractivity contribution < 1.29 is 0 Å². The van der Waals surface area contributed by atoms with Crippen molar-refractivity contribution in [3.05, 3.63) is 29.6 Å². The topological polar surface area (TPSA) is 43.8 Å². The summed E-state index contributed by atoms with van der Waals surface area (Å²) in [5, 5.41) is 0. The molecule has 2 aromatic rings. The Morgan fingerprint density at radius 2 is 2.25 bits per heavy atom. The van der Waals surface area contributed by atoms with Crippen LogP contribution in [0.3, 0.4) is 0 Å². The quantitative estimate of drug-likeness (QED) is 0.850. The second-order valence-electron chi connectivity index (χ2n) is 4.63. The van der Waals surface area contributed by atoms with Crippen molar-refractivity contribution >= 4 is 11.0 Å². The highest BCUT2D eigenvalue weighted by Gasteiger charge is 2.28. The number of para-hydroxylation sites is 1. The van der Waals surface area contributed by atoms with E-state index in [1.54, 1.807) is 0 Å². The fourth-order valence-electron chi connectivity index (χ4n) is 2.43. The SMILES string of the molecule is Cn1c(C2CC2)nc2cccc(CCN)c21. The zero-order valence-corrected chi connectivity index (χ0v) is 9.61. The average molecular weight is 215 g/mol. The van der Waals surface area contributed by atoms with Gasteiger partial charge in [-0.15, -0.1) is 0 Å². The van der Waals surface area contributed by atoms with E-state index in [9.17, 15) is 0 Å². The van der Waals surface area contributed by atoms with Crippen LogP contribution in [0.4, 0.5) is 0 Å². The molecule has 1 aromatic carbocycles. The first kappa shape index (κ1) is 9.85. The number of aromatic nitrogens is 2. The lowest BCUT2D eigenvalue weighted by molar-refractivity contribution is 0.814. The van der Waals surface area contributed by atoms with Gasteiger partial charge in [-0.3, -0.25) is 0 Å². The van der Waals surface area contributed by atoms with Gasteiger partial charge >= 0.3 is 0 Å². The molecule has 2 N–H and O–H groups in total. The van der Waals surface area contributed by atoms with E-state index in [0.29, 0.717) is 12.5 Å². The van der Waals surface area contributed by atoms with Gasteiger partial charge in [0.2, 0.25) is 0 Å². The van der Waals surface area contributed by atoms with Gasteiger partial charge in [0.05, 0.1) is 11.0 Å². The van der Waals surface area contributed by atoms with Crippen LogP contribution in [-0.4, -0.2) is 16.1 Å². The summed E-state index contributed by atoms with van der Waals surface area (Å²) in [7, 11) is 2.13. The lowest BCUT2D eigenvalue weighted by Gasteiger charge is -2.04. The molecule has 0 amide bonds. The number of fused-ring (bicyclic) bond motifs is 1. The molecule has 0 spiro atoms. The minimum atomic E-state index is 0.697. The summed E-state index contributed by atoms with van der Waals surface area (Å²) < 4.78 is 2.26. The molecule has 1 fully saturated rings. The van der Waals surface area contributed by atoms with E-state index in [4.69, 9.17) is 10.7 Å². The van der Waals surface area contributed by atoms with Gasteiger partial charge in [-0.2, -0.15) is 0 Å². The number of nitrogens with zero attached hydrogens (tertiary/aromatic N) is 2. The number of hydrogen-bond donors (Lipinski definition) is 1. The van der Waals surface area contributed by atoms with E-state index in [-0.39, 0.29) is 0 Å². The van der Waals surface area contributed by atoms with E-state index in [1.807, 2.05) is 0 Å². The molecule has 1 heterocycles. The van der Waals surface area contributed by atoms with Gasteiger partial charge in [-0.25, -0.2) is 4.98 Å². The summed E-state index contributed by atoms with van der Waals surface area (Å²) in [6.45, 7) is 0.697. The first-order valence-electron chi connectivity index (χ1n) is 5.95. The van der Waals surface area contributed by atoms with Gasteiger partial charge in [0, 0.05) is 13.0 Å². The number of imidazole rings is 1. The van der Waals surface area contributed by atoms with Crippen LogP contribution in [-0.2, 0) is 13.5 Å². The summed E-state index contributed by atoms with van der Waals surface area (Å²) in [5.74, 6) is 1.95. The van der Waals surface area contributed by atoms with Crippen molar-refractivity contribution in [2.24, 2.45) is 12.8 Å². The van der Waals surface area contributed by atoms with Crippen LogP contribution in [0, 0.1) is 0 Å². The Morgan fingerprint density at radius 1 is 1.44 bits per heavy atom. The Morgan fingerprint density at radius 3 is 2.94 bits per heavy atom. The number of hydrogen-bond acceptors (Lipinski definition) is 2. The number of aryl methyl sites for hydroxylation is 1. The fourth-order valence-corrected chi connectivity index (χ4v) is 2.43. The van der Waals surface area contributed by atoms with E-state index in [1.165, 1.54) is 29.7 Å². The summed E-state index contributed by atoms with van der Waals surface area (Å²) in [6.07, 6.45) is 3.52. The number of rotatable bonds is 3. The molecule has 0 unspecified atom stereocenters. The maximum atomic E-state index is 5.65. The van der Waals surface area contributed by atoms with Crippen molar-refractivity contribution in [2.45, 2.75) is 25.2 Å². The zero-order chi connectivity index (χ0) is 11.1. The molecule has 0 atom stereocenters. The van der Waals surface area contributed by atoms with Crippen molar-refractivity contribution in [3.63, 3.8) is 0 Å². The third kappa shape index (κ3) is 1.43. The Hall–Kier alpha value is -1.35. The van der Waals surface area contributed by atoms with Crippen LogP contribution in [0.2, 0.25) is 0 Å². The molecule has 0 aliphatic heterocycles. The second-order valence-corrected chi connectivity index (χ2v) is 4.63.